The van der Waals surface area contributed by atoms with E-state index < -0.39 is 11.7 Å². The molecule has 0 heterocycles. The highest BCUT2D eigenvalue weighted by Crippen LogP contribution is 2.30. The van der Waals surface area contributed by atoms with Gasteiger partial charge in [0.2, 0.25) is 0 Å². The van der Waals surface area contributed by atoms with Crippen molar-refractivity contribution in [2.24, 2.45) is 5.73 Å². The number of carbonyl (C=O) groups excluding carboxylic acids is 1. The number of benzene rings is 1. The van der Waals surface area contributed by atoms with Crippen LogP contribution in [0, 0.1) is 0 Å². The summed E-state index contributed by atoms with van der Waals surface area (Å²) in [4.78, 5) is 11.6. The third-order valence-corrected chi connectivity index (χ3v) is 3.43. The van der Waals surface area contributed by atoms with E-state index in [0.29, 0.717) is 23.1 Å². The average molecular weight is 319 g/mol. The van der Waals surface area contributed by atoms with Gasteiger partial charge in [0.1, 0.15) is 5.60 Å². The SMILES string of the molecule is CC(C)(C)OC(=O)NCC(CN)c1cccc(Cl)c1Cl. The minimum Gasteiger partial charge on any atom is -0.444 e. The fraction of sp³-hybridized carbons (Fsp3) is 0.500. The van der Waals surface area contributed by atoms with Gasteiger partial charge in [-0.25, -0.2) is 4.79 Å². The van der Waals surface area contributed by atoms with Gasteiger partial charge in [0.05, 0.1) is 10.0 Å². The second kappa shape index (κ2) is 7.16. The normalized spacial score (nSPS) is 12.9. The number of carbonyl (C=O) groups is 1. The van der Waals surface area contributed by atoms with E-state index in [1.165, 1.54) is 0 Å². The maximum absolute atomic E-state index is 11.6. The summed E-state index contributed by atoms with van der Waals surface area (Å²) < 4.78 is 5.17. The Morgan fingerprint density at radius 3 is 2.60 bits per heavy atom. The topological polar surface area (TPSA) is 64.3 Å². The van der Waals surface area contributed by atoms with Crippen LogP contribution < -0.4 is 11.1 Å². The Morgan fingerprint density at radius 2 is 2.05 bits per heavy atom. The number of alkyl carbamates (subject to hydrolysis) is 1. The molecule has 0 spiro atoms. The molecule has 20 heavy (non-hydrogen) atoms. The molecule has 0 aliphatic heterocycles. The highest BCUT2D eigenvalue weighted by atomic mass is 35.5. The molecule has 112 valence electrons. The lowest BCUT2D eigenvalue weighted by Crippen LogP contribution is -2.36. The van der Waals surface area contributed by atoms with Crippen molar-refractivity contribution in [3.63, 3.8) is 0 Å². The van der Waals surface area contributed by atoms with Gasteiger partial charge >= 0.3 is 6.09 Å². The number of hydrogen-bond acceptors (Lipinski definition) is 3. The summed E-state index contributed by atoms with van der Waals surface area (Å²) in [6.45, 7) is 6.10. The summed E-state index contributed by atoms with van der Waals surface area (Å²) in [5, 5.41) is 3.63. The molecule has 0 fully saturated rings. The summed E-state index contributed by atoms with van der Waals surface area (Å²) >= 11 is 12.1. The lowest BCUT2D eigenvalue weighted by molar-refractivity contribution is 0.0525. The molecule has 0 aliphatic rings. The second-order valence-electron chi connectivity index (χ2n) is 5.46. The Morgan fingerprint density at radius 1 is 1.40 bits per heavy atom. The van der Waals surface area contributed by atoms with Crippen LogP contribution in [0.1, 0.15) is 32.3 Å². The number of nitrogens with one attached hydrogen (secondary N) is 1. The zero-order chi connectivity index (χ0) is 15.3. The van der Waals surface area contributed by atoms with E-state index in [9.17, 15) is 4.79 Å². The van der Waals surface area contributed by atoms with E-state index in [1.807, 2.05) is 6.07 Å². The van der Waals surface area contributed by atoms with Gasteiger partial charge in [-0.3, -0.25) is 0 Å². The number of ether oxygens (including phenoxy) is 1. The predicted molar refractivity (Wildman–Crippen MR) is 82.5 cm³/mol. The predicted octanol–water partition coefficient (Wildman–Crippen LogP) is 3.56. The van der Waals surface area contributed by atoms with Crippen LogP contribution in [-0.2, 0) is 4.74 Å². The molecule has 4 nitrogen and oxygen atoms in total. The molecule has 0 radical (unpaired) electrons. The minimum absolute atomic E-state index is 0.117. The van der Waals surface area contributed by atoms with Crippen LogP contribution in [0.2, 0.25) is 10.0 Å². The molecule has 1 atom stereocenters. The van der Waals surface area contributed by atoms with Crippen molar-refractivity contribution in [2.75, 3.05) is 13.1 Å². The van der Waals surface area contributed by atoms with Crippen molar-refractivity contribution in [2.45, 2.75) is 32.3 Å². The summed E-state index contributed by atoms with van der Waals surface area (Å²) in [6.07, 6.45) is -0.478. The van der Waals surface area contributed by atoms with Crippen LogP contribution in [0.25, 0.3) is 0 Å². The van der Waals surface area contributed by atoms with E-state index in [4.69, 9.17) is 33.7 Å². The van der Waals surface area contributed by atoms with Gasteiger partial charge in [0, 0.05) is 19.0 Å². The van der Waals surface area contributed by atoms with Crippen LogP contribution in [0.15, 0.2) is 18.2 Å². The van der Waals surface area contributed by atoms with E-state index in [2.05, 4.69) is 5.32 Å². The van der Waals surface area contributed by atoms with E-state index in [0.717, 1.165) is 5.56 Å². The summed E-state index contributed by atoms with van der Waals surface area (Å²) in [5.74, 6) is -0.117. The smallest absolute Gasteiger partial charge is 0.407 e. The van der Waals surface area contributed by atoms with Crippen molar-refractivity contribution in [1.82, 2.24) is 5.32 Å². The van der Waals surface area contributed by atoms with Gasteiger partial charge in [-0.05, 0) is 32.4 Å². The summed E-state index contributed by atoms with van der Waals surface area (Å²) in [6, 6.07) is 5.37. The van der Waals surface area contributed by atoms with Gasteiger partial charge in [0.25, 0.3) is 0 Å². The quantitative estimate of drug-likeness (QED) is 0.892. The van der Waals surface area contributed by atoms with Gasteiger partial charge in [-0.15, -0.1) is 0 Å². The standard InChI is InChI=1S/C14H20Cl2N2O2/c1-14(2,3)20-13(19)18-8-9(7-17)10-5-4-6-11(15)12(10)16/h4-6,9H,7-8,17H2,1-3H3,(H,18,19). The molecule has 1 rings (SSSR count). The van der Waals surface area contributed by atoms with Crippen molar-refractivity contribution >= 4 is 29.3 Å². The number of nitrogens with two attached hydrogens (primary N) is 1. The van der Waals surface area contributed by atoms with Gasteiger partial charge < -0.3 is 15.8 Å². The molecule has 6 heteroatoms. The second-order valence-corrected chi connectivity index (χ2v) is 6.24. The van der Waals surface area contributed by atoms with Crippen LogP contribution in [0.4, 0.5) is 4.79 Å². The fourth-order valence-electron chi connectivity index (χ4n) is 1.68. The van der Waals surface area contributed by atoms with Crippen molar-refractivity contribution in [1.29, 1.82) is 0 Å². The first-order chi connectivity index (χ1) is 9.24. The molecule has 1 aromatic rings. The van der Waals surface area contributed by atoms with Crippen LogP contribution >= 0.6 is 23.2 Å². The van der Waals surface area contributed by atoms with Crippen LogP contribution in [0.5, 0.6) is 0 Å². The molecule has 1 unspecified atom stereocenters. The van der Waals surface area contributed by atoms with Crippen LogP contribution in [-0.4, -0.2) is 24.8 Å². The monoisotopic (exact) mass is 318 g/mol. The minimum atomic E-state index is -0.532. The Hall–Kier alpha value is -0.970. The molecule has 1 aromatic carbocycles. The van der Waals surface area contributed by atoms with Gasteiger partial charge in [0.15, 0.2) is 0 Å². The highest BCUT2D eigenvalue weighted by molar-refractivity contribution is 6.42. The van der Waals surface area contributed by atoms with Gasteiger partial charge in [-0.1, -0.05) is 35.3 Å². The fourth-order valence-corrected chi connectivity index (χ4v) is 2.14. The summed E-state index contributed by atoms with van der Waals surface area (Å²) in [7, 11) is 0. The van der Waals surface area contributed by atoms with E-state index in [-0.39, 0.29) is 5.92 Å². The Kier molecular flexibility index (Phi) is 6.11. The molecule has 0 saturated heterocycles. The lowest BCUT2D eigenvalue weighted by atomic mass is 9.99. The summed E-state index contributed by atoms with van der Waals surface area (Å²) in [5.41, 5.74) is 6.03. The molecule has 0 saturated carbocycles. The zero-order valence-corrected chi connectivity index (χ0v) is 13.4. The van der Waals surface area contributed by atoms with E-state index in [1.54, 1.807) is 32.9 Å². The number of halogens is 2. The first-order valence-electron chi connectivity index (χ1n) is 6.35. The van der Waals surface area contributed by atoms with Crippen molar-refractivity contribution in [3.05, 3.63) is 33.8 Å². The molecular weight excluding hydrogens is 299 g/mol. The van der Waals surface area contributed by atoms with Crippen molar-refractivity contribution < 1.29 is 9.53 Å². The maximum Gasteiger partial charge on any atom is 0.407 e. The maximum atomic E-state index is 11.6. The molecular formula is C14H20Cl2N2O2. The Labute approximate surface area is 129 Å². The molecule has 0 aliphatic carbocycles. The molecule has 3 N–H and O–H groups in total. The number of amides is 1. The van der Waals surface area contributed by atoms with Crippen LogP contribution in [0.3, 0.4) is 0 Å². The van der Waals surface area contributed by atoms with E-state index >= 15 is 0 Å². The highest BCUT2D eigenvalue weighted by Gasteiger charge is 2.19. The first-order valence-corrected chi connectivity index (χ1v) is 7.11. The Balaban J connectivity index is 2.69. The number of rotatable bonds is 4. The van der Waals surface area contributed by atoms with Gasteiger partial charge in [-0.2, -0.15) is 0 Å². The Bertz CT molecular complexity index is 473. The molecule has 0 aromatic heterocycles. The third kappa shape index (κ3) is 5.19. The average Bonchev–Trinajstić information content (AvgIpc) is 2.32. The zero-order valence-electron chi connectivity index (χ0n) is 11.9. The largest absolute Gasteiger partial charge is 0.444 e. The first kappa shape index (κ1) is 17.1. The third-order valence-electron chi connectivity index (χ3n) is 2.60. The van der Waals surface area contributed by atoms with Crippen molar-refractivity contribution in [3.8, 4) is 0 Å². The molecule has 0 bridgehead atoms. The lowest BCUT2D eigenvalue weighted by Gasteiger charge is -2.22. The molecule has 1 amide bonds. The number of hydrogen-bond donors (Lipinski definition) is 2.